The first kappa shape index (κ1) is 20.9. The van der Waals surface area contributed by atoms with Crippen LogP contribution in [0.15, 0.2) is 80.1 Å². The van der Waals surface area contributed by atoms with Gasteiger partial charge >= 0.3 is 0 Å². The van der Waals surface area contributed by atoms with Crippen LogP contribution in [-0.4, -0.2) is 32.6 Å². The van der Waals surface area contributed by atoms with Gasteiger partial charge in [-0.1, -0.05) is 59.5 Å². The molecule has 1 amide bonds. The molecule has 0 aliphatic carbocycles. The molecule has 4 heterocycles. The summed E-state index contributed by atoms with van der Waals surface area (Å²) in [6.45, 7) is 0.678. The zero-order valence-corrected chi connectivity index (χ0v) is 19.3. The largest absolute Gasteiger partial charge is 0.467 e. The summed E-state index contributed by atoms with van der Waals surface area (Å²) < 4.78 is 6.33. The summed E-state index contributed by atoms with van der Waals surface area (Å²) in [5.74, 6) is 0.880. The van der Waals surface area contributed by atoms with Crippen molar-refractivity contribution in [3.8, 4) is 0 Å². The summed E-state index contributed by atoms with van der Waals surface area (Å²) in [6, 6.07) is 17.6. The monoisotopic (exact) mass is 481 g/mol. The van der Waals surface area contributed by atoms with Crippen LogP contribution in [0.5, 0.6) is 0 Å². The number of furan rings is 1. The number of amides is 1. The second kappa shape index (κ2) is 9.68. The molecule has 0 fully saturated rings. The zero-order valence-electron chi connectivity index (χ0n) is 16.9. The van der Waals surface area contributed by atoms with E-state index in [9.17, 15) is 4.79 Å². The molecule has 1 N–H and O–H groups in total. The molecule has 1 aromatic carbocycles. The van der Waals surface area contributed by atoms with Gasteiger partial charge in [-0.2, -0.15) is 5.10 Å². The lowest BCUT2D eigenvalue weighted by Gasteiger charge is -2.19. The van der Waals surface area contributed by atoms with E-state index >= 15 is 0 Å². The second-order valence-electron chi connectivity index (χ2n) is 7.00. The second-order valence-corrected chi connectivity index (χ2v) is 10.1. The van der Waals surface area contributed by atoms with Crippen molar-refractivity contribution in [2.45, 2.75) is 23.3 Å². The van der Waals surface area contributed by atoms with Crippen LogP contribution in [-0.2, 0) is 11.3 Å². The molecule has 5 rings (SSSR count). The van der Waals surface area contributed by atoms with Gasteiger partial charge in [0.05, 0.1) is 22.6 Å². The molecule has 162 valence electrons. The summed E-state index contributed by atoms with van der Waals surface area (Å²) in [5.41, 5.74) is 2.08. The van der Waals surface area contributed by atoms with Crippen LogP contribution in [0.1, 0.15) is 28.7 Å². The SMILES string of the molecule is O=C(CSc1nnc(NCc2ccccc2)s1)N1N=C(c2cccs2)CC1c1ccco1. The maximum Gasteiger partial charge on any atom is 0.253 e. The van der Waals surface area contributed by atoms with E-state index in [0.717, 1.165) is 25.8 Å². The van der Waals surface area contributed by atoms with E-state index in [1.165, 1.54) is 28.7 Å². The van der Waals surface area contributed by atoms with E-state index in [1.807, 2.05) is 47.8 Å². The molecule has 4 aromatic rings. The predicted octanol–water partition coefficient (Wildman–Crippen LogP) is 5.27. The Bertz CT molecular complexity index is 1190. The van der Waals surface area contributed by atoms with E-state index in [4.69, 9.17) is 4.42 Å². The van der Waals surface area contributed by atoms with E-state index in [-0.39, 0.29) is 17.7 Å². The van der Waals surface area contributed by atoms with Gasteiger partial charge in [-0.3, -0.25) is 4.79 Å². The van der Waals surface area contributed by atoms with Gasteiger partial charge in [0.15, 0.2) is 4.34 Å². The Balaban J connectivity index is 1.22. The van der Waals surface area contributed by atoms with Crippen molar-refractivity contribution in [2.75, 3.05) is 11.1 Å². The molecule has 10 heteroatoms. The van der Waals surface area contributed by atoms with Gasteiger partial charge in [0.2, 0.25) is 5.13 Å². The Kier molecular flexibility index (Phi) is 6.33. The molecule has 0 bridgehead atoms. The Labute approximate surface area is 197 Å². The fourth-order valence-corrected chi connectivity index (χ4v) is 5.66. The van der Waals surface area contributed by atoms with Crippen LogP contribution >= 0.6 is 34.4 Å². The number of nitrogens with zero attached hydrogens (tertiary/aromatic N) is 4. The Morgan fingerprint density at radius 3 is 2.84 bits per heavy atom. The highest BCUT2D eigenvalue weighted by Gasteiger charge is 2.35. The molecular formula is C22H19N5O2S3. The molecule has 0 spiro atoms. The lowest BCUT2D eigenvalue weighted by Crippen LogP contribution is -2.28. The quantitative estimate of drug-likeness (QED) is 0.345. The number of thioether (sulfide) groups is 1. The number of hydrazone groups is 1. The average molecular weight is 482 g/mol. The van der Waals surface area contributed by atoms with E-state index in [0.29, 0.717) is 13.0 Å². The van der Waals surface area contributed by atoms with Crippen molar-refractivity contribution in [3.05, 3.63) is 82.4 Å². The lowest BCUT2D eigenvalue weighted by atomic mass is 10.1. The highest BCUT2D eigenvalue weighted by molar-refractivity contribution is 8.01. The molecule has 3 aromatic heterocycles. The minimum Gasteiger partial charge on any atom is -0.467 e. The Morgan fingerprint density at radius 2 is 2.06 bits per heavy atom. The third-order valence-corrected chi connectivity index (χ3v) is 7.77. The molecular weight excluding hydrogens is 462 g/mol. The van der Waals surface area contributed by atoms with Crippen molar-refractivity contribution < 1.29 is 9.21 Å². The minimum absolute atomic E-state index is 0.0862. The smallest absolute Gasteiger partial charge is 0.253 e. The number of nitrogens with one attached hydrogen (secondary N) is 1. The molecule has 32 heavy (non-hydrogen) atoms. The van der Waals surface area contributed by atoms with Crippen LogP contribution < -0.4 is 5.32 Å². The number of carbonyl (C=O) groups excluding carboxylic acids is 1. The number of aromatic nitrogens is 2. The number of hydrogen-bond donors (Lipinski definition) is 1. The molecule has 0 radical (unpaired) electrons. The molecule has 0 saturated carbocycles. The maximum absolute atomic E-state index is 13.1. The molecule has 1 aliphatic rings. The number of thiophene rings is 1. The standard InChI is InChI=1S/C22H19N5O2S3/c28-20(14-31-22-25-24-21(32-22)23-13-15-6-2-1-3-7-15)27-17(18-8-4-10-29-18)12-16(26-27)19-9-5-11-30-19/h1-11,17H,12-14H2,(H,23,24). The fraction of sp³-hybridized carbons (Fsp3) is 0.182. The summed E-state index contributed by atoms with van der Waals surface area (Å²) in [5, 5.41) is 20.6. The first-order valence-corrected chi connectivity index (χ1v) is 12.7. The first-order valence-electron chi connectivity index (χ1n) is 9.97. The summed E-state index contributed by atoms with van der Waals surface area (Å²) in [7, 11) is 0. The van der Waals surface area contributed by atoms with Gasteiger partial charge in [-0.15, -0.1) is 21.5 Å². The molecule has 0 saturated heterocycles. The molecule has 1 atom stereocenters. The third-order valence-electron chi connectivity index (χ3n) is 4.86. The molecule has 1 aliphatic heterocycles. The van der Waals surface area contributed by atoms with Crippen molar-refractivity contribution in [1.29, 1.82) is 0 Å². The topological polar surface area (TPSA) is 83.6 Å². The minimum atomic E-state index is -0.229. The lowest BCUT2D eigenvalue weighted by molar-refractivity contribution is -0.130. The van der Waals surface area contributed by atoms with Gasteiger partial charge in [0, 0.05) is 13.0 Å². The van der Waals surface area contributed by atoms with Crippen LogP contribution in [0.25, 0.3) is 0 Å². The number of rotatable bonds is 8. The normalized spacial score (nSPS) is 15.7. The van der Waals surface area contributed by atoms with Crippen LogP contribution in [0, 0.1) is 0 Å². The van der Waals surface area contributed by atoms with Crippen LogP contribution in [0.2, 0.25) is 0 Å². The van der Waals surface area contributed by atoms with E-state index in [1.54, 1.807) is 22.6 Å². The Morgan fingerprint density at radius 1 is 1.16 bits per heavy atom. The van der Waals surface area contributed by atoms with Crippen molar-refractivity contribution >= 4 is 51.2 Å². The highest BCUT2D eigenvalue weighted by Crippen LogP contribution is 2.35. The number of anilines is 1. The maximum atomic E-state index is 13.1. The van der Waals surface area contributed by atoms with E-state index < -0.39 is 0 Å². The average Bonchev–Trinajstić information content (AvgIpc) is 3.63. The van der Waals surface area contributed by atoms with Crippen LogP contribution in [0.4, 0.5) is 5.13 Å². The first-order chi connectivity index (χ1) is 15.8. The van der Waals surface area contributed by atoms with E-state index in [2.05, 4.69) is 32.7 Å². The molecule has 7 nitrogen and oxygen atoms in total. The van der Waals surface area contributed by atoms with Gasteiger partial charge in [-0.25, -0.2) is 5.01 Å². The van der Waals surface area contributed by atoms with Crippen LogP contribution in [0.3, 0.4) is 0 Å². The van der Waals surface area contributed by atoms with Gasteiger partial charge < -0.3 is 9.73 Å². The van der Waals surface area contributed by atoms with Crippen molar-refractivity contribution in [3.63, 3.8) is 0 Å². The highest BCUT2D eigenvalue weighted by atomic mass is 32.2. The zero-order chi connectivity index (χ0) is 21.8. The Hall–Kier alpha value is -2.95. The molecule has 1 unspecified atom stereocenters. The number of hydrogen-bond acceptors (Lipinski definition) is 9. The van der Waals surface area contributed by atoms with Crippen molar-refractivity contribution in [1.82, 2.24) is 15.2 Å². The summed E-state index contributed by atoms with van der Waals surface area (Å²) in [6.07, 6.45) is 2.26. The van der Waals surface area contributed by atoms with Gasteiger partial charge in [-0.05, 0) is 29.1 Å². The number of carbonyl (C=O) groups is 1. The summed E-state index contributed by atoms with van der Waals surface area (Å²) in [4.78, 5) is 14.1. The fourth-order valence-electron chi connectivity index (χ4n) is 3.34. The van der Waals surface area contributed by atoms with Gasteiger partial charge in [0.25, 0.3) is 5.91 Å². The number of benzene rings is 1. The predicted molar refractivity (Wildman–Crippen MR) is 128 cm³/mol. The summed E-state index contributed by atoms with van der Waals surface area (Å²) >= 11 is 4.43. The third kappa shape index (κ3) is 4.77. The van der Waals surface area contributed by atoms with Crippen molar-refractivity contribution in [2.24, 2.45) is 5.10 Å². The van der Waals surface area contributed by atoms with Gasteiger partial charge in [0.1, 0.15) is 11.8 Å².